The number of amides is 1. The van der Waals surface area contributed by atoms with Gasteiger partial charge < -0.3 is 9.88 Å². The van der Waals surface area contributed by atoms with Gasteiger partial charge in [-0.15, -0.1) is 0 Å². The summed E-state index contributed by atoms with van der Waals surface area (Å²) in [5.74, 6) is 0.0284. The van der Waals surface area contributed by atoms with Gasteiger partial charge in [0.2, 0.25) is 5.91 Å². The van der Waals surface area contributed by atoms with E-state index in [-0.39, 0.29) is 11.2 Å². The summed E-state index contributed by atoms with van der Waals surface area (Å²) in [6, 6.07) is 0. The lowest BCUT2D eigenvalue weighted by molar-refractivity contribution is -0.119. The number of aromatic nitrogens is 2. The van der Waals surface area contributed by atoms with Gasteiger partial charge in [-0.2, -0.15) is 0 Å². The van der Waals surface area contributed by atoms with Gasteiger partial charge in [0.1, 0.15) is 0 Å². The minimum Gasteiger partial charge on any atom is -0.358 e. The highest BCUT2D eigenvalue weighted by atomic mass is 32.2. The molecule has 1 amide bonds. The van der Waals surface area contributed by atoms with Crippen LogP contribution in [0.5, 0.6) is 0 Å². The van der Waals surface area contributed by atoms with Gasteiger partial charge in [-0.25, -0.2) is 4.98 Å². The summed E-state index contributed by atoms with van der Waals surface area (Å²) in [6.07, 6.45) is 3.67. The fourth-order valence-corrected chi connectivity index (χ4v) is 2.06. The van der Waals surface area contributed by atoms with E-state index in [1.165, 1.54) is 11.8 Å². The Morgan fingerprint density at radius 3 is 3.07 bits per heavy atom. The number of aryl methyl sites for hydroxylation is 1. The van der Waals surface area contributed by atoms with Crippen molar-refractivity contribution in [1.82, 2.24) is 14.9 Å². The first kappa shape index (κ1) is 11.1. The van der Waals surface area contributed by atoms with Gasteiger partial charge in [-0.05, 0) is 13.8 Å². The predicted octanol–water partition coefficient (Wildman–Crippen LogP) is 1.13. The van der Waals surface area contributed by atoms with Crippen molar-refractivity contribution in [3.05, 3.63) is 12.4 Å². The largest absolute Gasteiger partial charge is 0.358 e. The molecule has 78 valence electrons. The third-order valence-electron chi connectivity index (χ3n) is 1.92. The molecule has 14 heavy (non-hydrogen) atoms. The molecule has 1 atom stereocenters. The molecule has 1 N–H and O–H groups in total. The Kier molecular flexibility index (Phi) is 4.00. The molecular weight excluding hydrogens is 198 g/mol. The number of hydrogen-bond donors (Lipinski definition) is 1. The van der Waals surface area contributed by atoms with E-state index in [1.807, 2.05) is 17.7 Å². The summed E-state index contributed by atoms with van der Waals surface area (Å²) in [4.78, 5) is 15.5. The van der Waals surface area contributed by atoms with Crippen LogP contribution in [0.25, 0.3) is 0 Å². The summed E-state index contributed by atoms with van der Waals surface area (Å²) < 4.78 is 2.02. The monoisotopic (exact) mass is 213 g/mol. The molecule has 0 aliphatic carbocycles. The van der Waals surface area contributed by atoms with Crippen LogP contribution in [0.3, 0.4) is 0 Å². The molecule has 0 aromatic carbocycles. The fourth-order valence-electron chi connectivity index (χ4n) is 1.07. The van der Waals surface area contributed by atoms with Crippen molar-refractivity contribution in [2.45, 2.75) is 30.8 Å². The molecule has 0 saturated carbocycles. The van der Waals surface area contributed by atoms with Crippen LogP contribution in [-0.2, 0) is 11.3 Å². The third kappa shape index (κ3) is 2.51. The van der Waals surface area contributed by atoms with Crippen LogP contribution in [0.1, 0.15) is 13.8 Å². The van der Waals surface area contributed by atoms with Crippen molar-refractivity contribution in [3.8, 4) is 0 Å². The summed E-state index contributed by atoms with van der Waals surface area (Å²) in [5, 5.41) is 3.41. The van der Waals surface area contributed by atoms with Crippen molar-refractivity contribution >= 4 is 17.7 Å². The van der Waals surface area contributed by atoms with E-state index in [0.717, 1.165) is 11.7 Å². The average molecular weight is 213 g/mol. The normalized spacial score (nSPS) is 12.5. The smallest absolute Gasteiger partial charge is 0.233 e. The zero-order valence-corrected chi connectivity index (χ0v) is 9.47. The highest BCUT2D eigenvalue weighted by Gasteiger charge is 2.14. The molecule has 1 rings (SSSR count). The van der Waals surface area contributed by atoms with E-state index in [1.54, 1.807) is 13.2 Å². The number of thioether (sulfide) groups is 1. The zero-order chi connectivity index (χ0) is 10.6. The summed E-state index contributed by atoms with van der Waals surface area (Å²) in [5.41, 5.74) is 0. The molecule has 0 fully saturated rings. The Labute approximate surface area is 88.1 Å². The van der Waals surface area contributed by atoms with E-state index in [2.05, 4.69) is 17.2 Å². The first-order valence-electron chi connectivity index (χ1n) is 4.58. The number of imidazole rings is 1. The van der Waals surface area contributed by atoms with E-state index >= 15 is 0 Å². The van der Waals surface area contributed by atoms with Crippen molar-refractivity contribution in [2.24, 2.45) is 0 Å². The number of nitrogens with one attached hydrogen (secondary N) is 1. The van der Waals surface area contributed by atoms with Gasteiger partial charge in [0, 0.05) is 26.0 Å². The molecule has 1 aromatic rings. The number of nitrogens with zero attached hydrogens (tertiary/aromatic N) is 2. The van der Waals surface area contributed by atoms with Crippen LogP contribution in [0, 0.1) is 0 Å². The van der Waals surface area contributed by atoms with Crippen LogP contribution in [0.2, 0.25) is 0 Å². The molecule has 0 bridgehead atoms. The van der Waals surface area contributed by atoms with E-state index < -0.39 is 0 Å². The highest BCUT2D eigenvalue weighted by Crippen LogP contribution is 2.21. The maximum atomic E-state index is 11.3. The zero-order valence-electron chi connectivity index (χ0n) is 8.65. The summed E-state index contributed by atoms with van der Waals surface area (Å²) in [6.45, 7) is 4.80. The highest BCUT2D eigenvalue weighted by molar-refractivity contribution is 8.00. The van der Waals surface area contributed by atoms with E-state index in [4.69, 9.17) is 0 Å². The molecule has 1 aromatic heterocycles. The lowest BCUT2D eigenvalue weighted by atomic mass is 10.4. The molecule has 0 radical (unpaired) electrons. The SMILES string of the molecule is CCn1ccnc1SC(C)C(=O)NC. The van der Waals surface area contributed by atoms with Crippen molar-refractivity contribution in [2.75, 3.05) is 7.05 Å². The first-order chi connectivity index (χ1) is 6.69. The molecule has 0 aliphatic heterocycles. The maximum Gasteiger partial charge on any atom is 0.233 e. The molecule has 5 heteroatoms. The second kappa shape index (κ2) is 5.05. The Hall–Kier alpha value is -0.970. The summed E-state index contributed by atoms with van der Waals surface area (Å²) in [7, 11) is 1.64. The lowest BCUT2D eigenvalue weighted by Gasteiger charge is -2.09. The maximum absolute atomic E-state index is 11.3. The van der Waals surface area contributed by atoms with Crippen molar-refractivity contribution < 1.29 is 4.79 Å². The second-order valence-corrected chi connectivity index (χ2v) is 4.18. The fraction of sp³-hybridized carbons (Fsp3) is 0.556. The van der Waals surface area contributed by atoms with Crippen molar-refractivity contribution in [3.63, 3.8) is 0 Å². The molecule has 0 saturated heterocycles. The molecular formula is C9H15N3OS. The first-order valence-corrected chi connectivity index (χ1v) is 5.46. The molecule has 4 nitrogen and oxygen atoms in total. The molecule has 1 heterocycles. The number of hydrogen-bond acceptors (Lipinski definition) is 3. The van der Waals surface area contributed by atoms with Crippen LogP contribution < -0.4 is 5.32 Å². The number of rotatable bonds is 4. The van der Waals surface area contributed by atoms with Gasteiger partial charge in [0.05, 0.1) is 5.25 Å². The third-order valence-corrected chi connectivity index (χ3v) is 3.03. The Morgan fingerprint density at radius 2 is 2.50 bits per heavy atom. The lowest BCUT2D eigenvalue weighted by Crippen LogP contribution is -2.27. The number of carbonyl (C=O) groups excluding carboxylic acids is 1. The quantitative estimate of drug-likeness (QED) is 0.763. The number of carbonyl (C=O) groups is 1. The van der Waals surface area contributed by atoms with Crippen LogP contribution in [0.15, 0.2) is 17.6 Å². The predicted molar refractivity (Wildman–Crippen MR) is 57.3 cm³/mol. The molecule has 0 aliphatic rings. The standard InChI is InChI=1S/C9H15N3OS/c1-4-12-6-5-11-9(12)14-7(2)8(13)10-3/h5-7H,4H2,1-3H3,(H,10,13). The van der Waals surface area contributed by atoms with Crippen LogP contribution in [0.4, 0.5) is 0 Å². The van der Waals surface area contributed by atoms with Gasteiger partial charge in [-0.1, -0.05) is 11.8 Å². The average Bonchev–Trinajstić information content (AvgIpc) is 2.63. The van der Waals surface area contributed by atoms with Crippen LogP contribution >= 0.6 is 11.8 Å². The Balaban J connectivity index is 2.64. The Morgan fingerprint density at radius 1 is 1.79 bits per heavy atom. The van der Waals surface area contributed by atoms with Crippen molar-refractivity contribution in [1.29, 1.82) is 0 Å². The van der Waals surface area contributed by atoms with E-state index in [0.29, 0.717) is 0 Å². The summed E-state index contributed by atoms with van der Waals surface area (Å²) >= 11 is 1.47. The van der Waals surface area contributed by atoms with Gasteiger partial charge in [0.25, 0.3) is 0 Å². The van der Waals surface area contributed by atoms with Gasteiger partial charge in [-0.3, -0.25) is 4.79 Å². The Bertz CT molecular complexity index is 311. The van der Waals surface area contributed by atoms with Gasteiger partial charge in [0.15, 0.2) is 5.16 Å². The second-order valence-electron chi connectivity index (χ2n) is 2.87. The van der Waals surface area contributed by atoms with E-state index in [9.17, 15) is 4.79 Å². The topological polar surface area (TPSA) is 46.9 Å². The molecule has 0 spiro atoms. The minimum absolute atomic E-state index is 0.0284. The minimum atomic E-state index is -0.104. The molecule has 1 unspecified atom stereocenters. The van der Waals surface area contributed by atoms with Crippen LogP contribution in [-0.4, -0.2) is 27.8 Å². The van der Waals surface area contributed by atoms with Gasteiger partial charge >= 0.3 is 0 Å².